The fraction of sp³-hybridized carbons (Fsp3) is 0.125. The maximum Gasteiger partial charge on any atom is 0.282 e. The topological polar surface area (TPSA) is 107 Å². The Labute approximate surface area is 184 Å². The molecular weight excluding hydrogens is 408 g/mol. The minimum Gasteiger partial charge on any atom is -0.484 e. The number of hydrogen-bond acceptors (Lipinski definition) is 4. The number of nitrogens with zero attached hydrogens (tertiary/aromatic N) is 2. The Morgan fingerprint density at radius 3 is 2.38 bits per heavy atom. The molecule has 0 aliphatic carbocycles. The zero-order valence-corrected chi connectivity index (χ0v) is 17.7. The summed E-state index contributed by atoms with van der Waals surface area (Å²) in [5, 5.41) is 1.25. The van der Waals surface area contributed by atoms with E-state index in [2.05, 4.69) is 5.43 Å². The number of ether oxygens (including phenoxy) is 1. The molecule has 32 heavy (non-hydrogen) atoms. The number of aromatic nitrogens is 1. The van der Waals surface area contributed by atoms with Gasteiger partial charge in [0.2, 0.25) is 0 Å². The van der Waals surface area contributed by atoms with Crippen LogP contribution in [-0.4, -0.2) is 28.9 Å². The van der Waals surface area contributed by atoms with Gasteiger partial charge in [-0.15, -0.1) is 0 Å². The first kappa shape index (κ1) is 20.9. The summed E-state index contributed by atoms with van der Waals surface area (Å²) in [7, 11) is 0. The highest BCUT2D eigenvalue weighted by atomic mass is 16.5. The lowest BCUT2D eigenvalue weighted by molar-refractivity contribution is -0.120. The van der Waals surface area contributed by atoms with Crippen molar-refractivity contribution in [2.75, 3.05) is 11.6 Å². The Kier molecular flexibility index (Phi) is 5.51. The molecule has 8 nitrogen and oxygen atoms in total. The highest BCUT2D eigenvalue weighted by Crippen LogP contribution is 2.26. The van der Waals surface area contributed by atoms with Crippen LogP contribution in [0.2, 0.25) is 0 Å². The summed E-state index contributed by atoms with van der Waals surface area (Å²) in [6.45, 7) is 3.68. The fourth-order valence-corrected chi connectivity index (χ4v) is 3.65. The average Bonchev–Trinajstić information content (AvgIpc) is 3.23. The number of rotatable bonds is 6. The summed E-state index contributed by atoms with van der Waals surface area (Å²) >= 11 is 0. The minimum atomic E-state index is -0.541. The Morgan fingerprint density at radius 2 is 1.72 bits per heavy atom. The quantitative estimate of drug-likeness (QED) is 0.463. The number of amides is 3. The van der Waals surface area contributed by atoms with Crippen molar-refractivity contribution in [3.63, 3.8) is 0 Å². The highest BCUT2D eigenvalue weighted by molar-refractivity contribution is 6.31. The van der Waals surface area contributed by atoms with Gasteiger partial charge in [0.05, 0.1) is 5.69 Å². The van der Waals surface area contributed by atoms with E-state index in [1.165, 1.54) is 5.01 Å². The number of carbonyl (C=O) groups is 3. The number of hydrazine groups is 1. The second-order valence-corrected chi connectivity index (χ2v) is 7.39. The number of para-hydroxylation sites is 1. The summed E-state index contributed by atoms with van der Waals surface area (Å²) < 4.78 is 7.31. The number of anilines is 1. The molecule has 1 fully saturated rings. The molecule has 2 heterocycles. The number of nitrogens with two attached hydrogens (primary N) is 1. The van der Waals surface area contributed by atoms with E-state index in [1.807, 2.05) is 42.7 Å². The number of nitrogens with one attached hydrogen (secondary N) is 1. The van der Waals surface area contributed by atoms with Crippen molar-refractivity contribution in [3.05, 3.63) is 83.2 Å². The Morgan fingerprint density at radius 1 is 1.03 bits per heavy atom. The second-order valence-electron chi connectivity index (χ2n) is 7.39. The maximum atomic E-state index is 12.9. The zero-order valence-electron chi connectivity index (χ0n) is 17.7. The molecule has 8 heteroatoms. The predicted molar refractivity (Wildman–Crippen MR) is 120 cm³/mol. The van der Waals surface area contributed by atoms with Crippen LogP contribution in [0.3, 0.4) is 0 Å². The minimum absolute atomic E-state index is 0.0734. The Balaban J connectivity index is 1.62. The third kappa shape index (κ3) is 3.98. The number of aryl methyl sites for hydroxylation is 1. The molecule has 3 N–H and O–H groups in total. The lowest BCUT2D eigenvalue weighted by atomic mass is 10.1. The van der Waals surface area contributed by atoms with E-state index < -0.39 is 17.7 Å². The molecule has 0 radical (unpaired) electrons. The van der Waals surface area contributed by atoms with Gasteiger partial charge in [0.1, 0.15) is 11.3 Å². The van der Waals surface area contributed by atoms with E-state index >= 15 is 0 Å². The van der Waals surface area contributed by atoms with Gasteiger partial charge in [0, 0.05) is 17.1 Å². The number of hydrogen-bond donors (Lipinski definition) is 2. The highest BCUT2D eigenvalue weighted by Gasteiger charge is 2.34. The van der Waals surface area contributed by atoms with E-state index in [-0.39, 0.29) is 12.2 Å². The fourth-order valence-electron chi connectivity index (χ4n) is 3.65. The van der Waals surface area contributed by atoms with E-state index in [0.29, 0.717) is 11.4 Å². The molecule has 2 aromatic carbocycles. The van der Waals surface area contributed by atoms with Gasteiger partial charge in [-0.3, -0.25) is 19.8 Å². The number of benzene rings is 2. The van der Waals surface area contributed by atoms with Crippen molar-refractivity contribution < 1.29 is 19.1 Å². The Hall–Kier alpha value is -4.33. The first-order chi connectivity index (χ1) is 15.3. The van der Waals surface area contributed by atoms with Gasteiger partial charge in [-0.2, -0.15) is 0 Å². The van der Waals surface area contributed by atoms with Crippen molar-refractivity contribution in [3.8, 4) is 11.4 Å². The van der Waals surface area contributed by atoms with Crippen LogP contribution in [0.15, 0.2) is 66.2 Å². The largest absolute Gasteiger partial charge is 0.484 e. The summed E-state index contributed by atoms with van der Waals surface area (Å²) in [4.78, 5) is 36.2. The monoisotopic (exact) mass is 430 g/mol. The maximum absolute atomic E-state index is 12.9. The van der Waals surface area contributed by atoms with Gasteiger partial charge >= 0.3 is 0 Å². The third-order valence-corrected chi connectivity index (χ3v) is 5.15. The molecule has 1 aliphatic heterocycles. The van der Waals surface area contributed by atoms with Gasteiger partial charge in [0.15, 0.2) is 6.61 Å². The molecule has 0 unspecified atom stereocenters. The second kappa shape index (κ2) is 8.43. The van der Waals surface area contributed by atoms with Crippen LogP contribution >= 0.6 is 0 Å². The summed E-state index contributed by atoms with van der Waals surface area (Å²) in [5.41, 5.74) is 11.8. The lowest BCUT2D eigenvalue weighted by Gasteiger charge is -2.13. The first-order valence-corrected chi connectivity index (χ1v) is 9.98. The van der Waals surface area contributed by atoms with Gasteiger partial charge in [0.25, 0.3) is 17.7 Å². The predicted octanol–water partition coefficient (Wildman–Crippen LogP) is 2.42. The van der Waals surface area contributed by atoms with Crippen LogP contribution in [0, 0.1) is 13.8 Å². The number of primary amides is 1. The van der Waals surface area contributed by atoms with Crippen molar-refractivity contribution in [2.24, 2.45) is 5.73 Å². The van der Waals surface area contributed by atoms with Gasteiger partial charge < -0.3 is 15.0 Å². The molecule has 4 rings (SSSR count). The molecule has 162 valence electrons. The number of carbonyl (C=O) groups excluding carboxylic acids is 3. The molecule has 1 aliphatic rings. The van der Waals surface area contributed by atoms with E-state index in [0.717, 1.165) is 22.6 Å². The van der Waals surface area contributed by atoms with Crippen molar-refractivity contribution in [1.82, 2.24) is 9.99 Å². The average molecular weight is 430 g/mol. The standard InChI is InChI=1S/C24H22N4O4/c1-15-12-17(13-21-23(30)26-28(24(21)31)19-6-4-3-5-7-19)16(2)27(15)18-8-10-20(11-9-18)32-14-22(25)29/h3-13H,14H2,1-2H3,(H2,25,29)(H,26,30). The lowest BCUT2D eigenvalue weighted by Crippen LogP contribution is -2.35. The van der Waals surface area contributed by atoms with Crippen molar-refractivity contribution >= 4 is 29.5 Å². The molecule has 0 spiro atoms. The van der Waals surface area contributed by atoms with Crippen LogP contribution in [0.25, 0.3) is 11.8 Å². The van der Waals surface area contributed by atoms with E-state index in [4.69, 9.17) is 10.5 Å². The van der Waals surface area contributed by atoms with Gasteiger partial charge in [-0.1, -0.05) is 18.2 Å². The first-order valence-electron chi connectivity index (χ1n) is 9.98. The van der Waals surface area contributed by atoms with E-state index in [9.17, 15) is 14.4 Å². The summed E-state index contributed by atoms with van der Waals surface area (Å²) in [6, 6.07) is 18.1. The van der Waals surface area contributed by atoms with Crippen LogP contribution < -0.4 is 20.9 Å². The van der Waals surface area contributed by atoms with Crippen LogP contribution in [0.5, 0.6) is 5.75 Å². The smallest absolute Gasteiger partial charge is 0.282 e. The van der Waals surface area contributed by atoms with Gasteiger partial charge in [-0.25, -0.2) is 5.01 Å². The normalized spacial score (nSPS) is 14.7. The van der Waals surface area contributed by atoms with Crippen molar-refractivity contribution in [2.45, 2.75) is 13.8 Å². The molecule has 0 atom stereocenters. The molecule has 0 bridgehead atoms. The third-order valence-electron chi connectivity index (χ3n) is 5.15. The molecule has 3 aromatic rings. The Bertz CT molecular complexity index is 1230. The SMILES string of the molecule is Cc1cc(C=C2C(=O)NN(c3ccccc3)C2=O)c(C)n1-c1ccc(OCC(N)=O)cc1. The summed E-state index contributed by atoms with van der Waals surface area (Å²) in [5.74, 6) is -0.853. The molecule has 1 aromatic heterocycles. The van der Waals surface area contributed by atoms with E-state index in [1.54, 1.807) is 42.5 Å². The van der Waals surface area contributed by atoms with Crippen LogP contribution in [0.1, 0.15) is 17.0 Å². The summed E-state index contributed by atoms with van der Waals surface area (Å²) in [6.07, 6.45) is 1.61. The van der Waals surface area contributed by atoms with Crippen molar-refractivity contribution in [1.29, 1.82) is 0 Å². The van der Waals surface area contributed by atoms with Crippen LogP contribution in [0.4, 0.5) is 5.69 Å². The van der Waals surface area contributed by atoms with Crippen LogP contribution in [-0.2, 0) is 14.4 Å². The molecule has 1 saturated heterocycles. The molecule has 0 saturated carbocycles. The van der Waals surface area contributed by atoms with Gasteiger partial charge in [-0.05, 0) is 68.0 Å². The molecule has 3 amide bonds. The molecular formula is C24H22N4O4. The zero-order chi connectivity index (χ0) is 22.8.